The standard InChI is InChI=1S/C10H11ClN4/c1-7-4-8(2-3-9(7)11)5-15-6-10(12)13-14-15/h2-4,6H,5,12H2,1H3. The summed E-state index contributed by atoms with van der Waals surface area (Å²) >= 11 is 5.93. The summed E-state index contributed by atoms with van der Waals surface area (Å²) < 4.78 is 1.69. The summed E-state index contributed by atoms with van der Waals surface area (Å²) in [5.74, 6) is 0.431. The number of nitrogens with two attached hydrogens (primary N) is 1. The molecule has 0 atom stereocenters. The van der Waals surface area contributed by atoms with E-state index in [1.54, 1.807) is 10.9 Å². The van der Waals surface area contributed by atoms with Gasteiger partial charge in [-0.25, -0.2) is 4.68 Å². The van der Waals surface area contributed by atoms with Crippen molar-refractivity contribution in [1.82, 2.24) is 15.0 Å². The quantitative estimate of drug-likeness (QED) is 0.844. The van der Waals surface area contributed by atoms with Crippen LogP contribution in [-0.2, 0) is 6.54 Å². The Hall–Kier alpha value is -1.55. The van der Waals surface area contributed by atoms with Gasteiger partial charge in [0.2, 0.25) is 0 Å². The Morgan fingerprint density at radius 3 is 2.87 bits per heavy atom. The lowest BCUT2D eigenvalue weighted by Gasteiger charge is -2.03. The van der Waals surface area contributed by atoms with Gasteiger partial charge < -0.3 is 5.73 Å². The third kappa shape index (κ3) is 2.27. The number of nitrogens with zero attached hydrogens (tertiary/aromatic N) is 3. The lowest BCUT2D eigenvalue weighted by molar-refractivity contribution is 0.649. The van der Waals surface area contributed by atoms with Crippen LogP contribution in [0.2, 0.25) is 5.02 Å². The molecule has 0 saturated heterocycles. The zero-order chi connectivity index (χ0) is 10.8. The number of nitrogen functional groups attached to an aromatic ring is 1. The minimum absolute atomic E-state index is 0.431. The molecule has 0 spiro atoms. The summed E-state index contributed by atoms with van der Waals surface area (Å²) in [7, 11) is 0. The SMILES string of the molecule is Cc1cc(Cn2cc(N)nn2)ccc1Cl. The van der Waals surface area contributed by atoms with Crippen molar-refractivity contribution in [2.45, 2.75) is 13.5 Å². The highest BCUT2D eigenvalue weighted by molar-refractivity contribution is 6.31. The average molecular weight is 223 g/mol. The monoisotopic (exact) mass is 222 g/mol. The molecule has 0 saturated carbocycles. The molecule has 15 heavy (non-hydrogen) atoms. The Morgan fingerprint density at radius 2 is 2.27 bits per heavy atom. The molecule has 2 N–H and O–H groups in total. The topological polar surface area (TPSA) is 56.7 Å². The van der Waals surface area contributed by atoms with Gasteiger partial charge in [-0.3, -0.25) is 0 Å². The fraction of sp³-hybridized carbons (Fsp3) is 0.200. The molecule has 0 aliphatic carbocycles. The molecule has 0 aliphatic heterocycles. The number of benzene rings is 1. The van der Waals surface area contributed by atoms with E-state index in [4.69, 9.17) is 17.3 Å². The summed E-state index contributed by atoms with van der Waals surface area (Å²) in [6, 6.07) is 5.87. The molecule has 0 bridgehead atoms. The van der Waals surface area contributed by atoms with Crippen LogP contribution in [0.5, 0.6) is 0 Å². The summed E-state index contributed by atoms with van der Waals surface area (Å²) in [6.07, 6.45) is 1.70. The van der Waals surface area contributed by atoms with Crippen molar-refractivity contribution in [1.29, 1.82) is 0 Å². The molecule has 0 aliphatic rings. The normalized spacial score (nSPS) is 10.5. The largest absolute Gasteiger partial charge is 0.381 e. The van der Waals surface area contributed by atoms with Gasteiger partial charge >= 0.3 is 0 Å². The van der Waals surface area contributed by atoms with Crippen LogP contribution < -0.4 is 5.73 Å². The fourth-order valence-corrected chi connectivity index (χ4v) is 1.50. The van der Waals surface area contributed by atoms with Gasteiger partial charge in [0.15, 0.2) is 5.82 Å². The fourth-order valence-electron chi connectivity index (χ4n) is 1.38. The summed E-state index contributed by atoms with van der Waals surface area (Å²) in [4.78, 5) is 0. The van der Waals surface area contributed by atoms with Crippen molar-refractivity contribution in [3.63, 3.8) is 0 Å². The molecule has 0 unspecified atom stereocenters. The second-order valence-corrected chi connectivity index (χ2v) is 3.83. The molecule has 0 radical (unpaired) electrons. The summed E-state index contributed by atoms with van der Waals surface area (Å²) in [5.41, 5.74) is 7.66. The van der Waals surface area contributed by atoms with Crippen molar-refractivity contribution >= 4 is 17.4 Å². The minimum atomic E-state index is 0.431. The van der Waals surface area contributed by atoms with Crippen LogP contribution in [0.3, 0.4) is 0 Å². The van der Waals surface area contributed by atoms with Gasteiger partial charge in [0.25, 0.3) is 0 Å². The molecule has 2 aromatic rings. The maximum atomic E-state index is 5.93. The zero-order valence-electron chi connectivity index (χ0n) is 8.31. The highest BCUT2D eigenvalue weighted by Crippen LogP contribution is 2.16. The van der Waals surface area contributed by atoms with Crippen LogP contribution >= 0.6 is 11.6 Å². The maximum Gasteiger partial charge on any atom is 0.165 e. The van der Waals surface area contributed by atoms with Gasteiger partial charge in [-0.15, -0.1) is 5.10 Å². The van der Waals surface area contributed by atoms with Crippen molar-refractivity contribution in [3.8, 4) is 0 Å². The molecule has 5 heteroatoms. The first-order valence-corrected chi connectivity index (χ1v) is 4.93. The molecular formula is C10H11ClN4. The van der Waals surface area contributed by atoms with Gasteiger partial charge in [-0.1, -0.05) is 28.9 Å². The maximum absolute atomic E-state index is 5.93. The van der Waals surface area contributed by atoms with Crippen LogP contribution in [0.25, 0.3) is 0 Å². The lowest BCUT2D eigenvalue weighted by Crippen LogP contribution is -2.00. The molecule has 0 fully saturated rings. The molecule has 1 aromatic heterocycles. The third-order valence-electron chi connectivity index (χ3n) is 2.12. The number of rotatable bonds is 2. The highest BCUT2D eigenvalue weighted by Gasteiger charge is 2.00. The molecule has 1 heterocycles. The van der Waals surface area contributed by atoms with Crippen LogP contribution in [0, 0.1) is 6.92 Å². The molecule has 0 amide bonds. The first-order chi connectivity index (χ1) is 7.15. The molecular weight excluding hydrogens is 212 g/mol. The number of halogens is 1. The van der Waals surface area contributed by atoms with Gasteiger partial charge in [0.05, 0.1) is 12.7 Å². The van der Waals surface area contributed by atoms with Gasteiger partial charge in [-0.05, 0) is 24.1 Å². The summed E-state index contributed by atoms with van der Waals surface area (Å²) in [6.45, 7) is 2.63. The molecule has 78 valence electrons. The Balaban J connectivity index is 2.21. The van der Waals surface area contributed by atoms with Crippen molar-refractivity contribution in [3.05, 3.63) is 40.5 Å². The van der Waals surface area contributed by atoms with E-state index in [9.17, 15) is 0 Å². The van der Waals surface area contributed by atoms with E-state index in [2.05, 4.69) is 10.3 Å². The third-order valence-corrected chi connectivity index (χ3v) is 2.55. The first-order valence-electron chi connectivity index (χ1n) is 4.56. The van der Waals surface area contributed by atoms with Gasteiger partial charge in [0.1, 0.15) is 0 Å². The number of hydrogen-bond donors (Lipinski definition) is 1. The first kappa shape index (κ1) is 9.98. The van der Waals surface area contributed by atoms with E-state index in [1.165, 1.54) is 0 Å². The molecule has 1 aromatic carbocycles. The Kier molecular flexibility index (Phi) is 2.60. The predicted molar refractivity (Wildman–Crippen MR) is 59.7 cm³/mol. The second-order valence-electron chi connectivity index (χ2n) is 3.42. The van der Waals surface area contributed by atoms with Crippen molar-refractivity contribution in [2.24, 2.45) is 0 Å². The predicted octanol–water partition coefficient (Wildman–Crippen LogP) is 1.87. The Morgan fingerprint density at radius 1 is 1.47 bits per heavy atom. The summed E-state index contributed by atoms with van der Waals surface area (Å²) in [5, 5.41) is 8.36. The van der Waals surface area contributed by atoms with Crippen LogP contribution in [0.4, 0.5) is 5.82 Å². The van der Waals surface area contributed by atoms with Crippen LogP contribution in [0.1, 0.15) is 11.1 Å². The van der Waals surface area contributed by atoms with Gasteiger partial charge in [-0.2, -0.15) is 0 Å². The molecule has 4 nitrogen and oxygen atoms in total. The van der Waals surface area contributed by atoms with E-state index < -0.39 is 0 Å². The van der Waals surface area contributed by atoms with Crippen molar-refractivity contribution in [2.75, 3.05) is 5.73 Å². The highest BCUT2D eigenvalue weighted by atomic mass is 35.5. The second kappa shape index (κ2) is 3.90. The van der Waals surface area contributed by atoms with Crippen LogP contribution in [0.15, 0.2) is 24.4 Å². The number of anilines is 1. The van der Waals surface area contributed by atoms with Gasteiger partial charge in [0, 0.05) is 5.02 Å². The van der Waals surface area contributed by atoms with E-state index in [0.717, 1.165) is 16.1 Å². The minimum Gasteiger partial charge on any atom is -0.381 e. The number of aromatic nitrogens is 3. The average Bonchev–Trinajstić information content (AvgIpc) is 2.58. The van der Waals surface area contributed by atoms with E-state index in [0.29, 0.717) is 12.4 Å². The molecule has 2 rings (SSSR count). The van der Waals surface area contributed by atoms with E-state index >= 15 is 0 Å². The Labute approximate surface area is 92.7 Å². The number of hydrogen-bond acceptors (Lipinski definition) is 3. The zero-order valence-corrected chi connectivity index (χ0v) is 9.07. The smallest absolute Gasteiger partial charge is 0.165 e. The lowest BCUT2D eigenvalue weighted by atomic mass is 10.1. The number of aryl methyl sites for hydroxylation is 1. The Bertz CT molecular complexity index is 478. The van der Waals surface area contributed by atoms with Crippen molar-refractivity contribution < 1.29 is 0 Å². The van der Waals surface area contributed by atoms with E-state index in [-0.39, 0.29) is 0 Å². The van der Waals surface area contributed by atoms with Crippen LogP contribution in [-0.4, -0.2) is 15.0 Å². The van der Waals surface area contributed by atoms with E-state index in [1.807, 2.05) is 25.1 Å².